The van der Waals surface area contributed by atoms with Gasteiger partial charge in [0.1, 0.15) is 0 Å². The summed E-state index contributed by atoms with van der Waals surface area (Å²) in [5.74, 6) is 0. The van der Waals surface area contributed by atoms with Crippen molar-refractivity contribution in [2.75, 3.05) is 11.9 Å². The highest BCUT2D eigenvalue weighted by atomic mass is 16.1. The van der Waals surface area contributed by atoms with Gasteiger partial charge in [-0.05, 0) is 12.5 Å². The molecule has 3 heteroatoms. The first-order valence-corrected chi connectivity index (χ1v) is 7.25. The van der Waals surface area contributed by atoms with Crippen molar-refractivity contribution in [3.63, 3.8) is 0 Å². The topological polar surface area (TPSA) is 44.9 Å². The number of H-pyrrole nitrogens is 1. The molecule has 0 aromatic carbocycles. The van der Waals surface area contributed by atoms with Crippen LogP contribution in [0.2, 0.25) is 0 Å². The minimum atomic E-state index is -0.0485. The summed E-state index contributed by atoms with van der Waals surface area (Å²) in [6.07, 6.45) is 12.4. The predicted octanol–water partition coefficient (Wildman–Crippen LogP) is 3.93. The third-order valence-electron chi connectivity index (χ3n) is 3.14. The number of anilines is 1. The van der Waals surface area contributed by atoms with Gasteiger partial charge in [0.25, 0.3) is 0 Å². The van der Waals surface area contributed by atoms with Crippen LogP contribution in [0.1, 0.15) is 58.3 Å². The summed E-state index contributed by atoms with van der Waals surface area (Å²) in [6, 6.07) is 3.37. The van der Waals surface area contributed by atoms with Crippen molar-refractivity contribution in [1.82, 2.24) is 4.98 Å². The maximum Gasteiger partial charge on any atom is 0.248 e. The molecule has 0 saturated carbocycles. The smallest absolute Gasteiger partial charge is 0.248 e. The molecule has 0 spiro atoms. The third kappa shape index (κ3) is 7.15. The van der Waals surface area contributed by atoms with E-state index in [4.69, 9.17) is 0 Å². The number of aromatic amines is 1. The minimum absolute atomic E-state index is 0.0485. The van der Waals surface area contributed by atoms with E-state index in [0.717, 1.165) is 12.2 Å². The minimum Gasteiger partial charge on any atom is -0.384 e. The molecule has 0 amide bonds. The SMILES string of the molecule is CCCCCCCCCCNc1ccc(=O)[nH]c1. The van der Waals surface area contributed by atoms with Crippen LogP contribution in [-0.2, 0) is 0 Å². The molecule has 102 valence electrons. The van der Waals surface area contributed by atoms with E-state index in [0.29, 0.717) is 0 Å². The van der Waals surface area contributed by atoms with E-state index in [1.54, 1.807) is 12.3 Å². The lowest BCUT2D eigenvalue weighted by atomic mass is 10.1. The van der Waals surface area contributed by atoms with Crippen molar-refractivity contribution in [2.24, 2.45) is 0 Å². The Morgan fingerprint density at radius 1 is 1.00 bits per heavy atom. The van der Waals surface area contributed by atoms with Crippen LogP contribution in [0.3, 0.4) is 0 Å². The zero-order valence-electron chi connectivity index (χ0n) is 11.5. The maximum atomic E-state index is 10.9. The van der Waals surface area contributed by atoms with Crippen LogP contribution in [0.25, 0.3) is 0 Å². The van der Waals surface area contributed by atoms with Crippen molar-refractivity contribution in [1.29, 1.82) is 0 Å². The lowest BCUT2D eigenvalue weighted by Gasteiger charge is -2.05. The van der Waals surface area contributed by atoms with E-state index in [2.05, 4.69) is 17.2 Å². The molecule has 1 heterocycles. The van der Waals surface area contributed by atoms with Crippen LogP contribution in [0.15, 0.2) is 23.1 Å². The Bertz CT molecular complexity index is 339. The monoisotopic (exact) mass is 250 g/mol. The Labute approximate surface area is 110 Å². The largest absolute Gasteiger partial charge is 0.384 e. The molecule has 0 fully saturated rings. The number of hydrogen-bond acceptors (Lipinski definition) is 2. The normalized spacial score (nSPS) is 10.5. The molecule has 0 unspecified atom stereocenters. The Morgan fingerprint density at radius 2 is 1.67 bits per heavy atom. The van der Waals surface area contributed by atoms with E-state index in [1.165, 1.54) is 51.4 Å². The van der Waals surface area contributed by atoms with Gasteiger partial charge in [-0.2, -0.15) is 0 Å². The zero-order chi connectivity index (χ0) is 13.1. The summed E-state index contributed by atoms with van der Waals surface area (Å²) in [7, 11) is 0. The Hall–Kier alpha value is -1.25. The summed E-state index contributed by atoms with van der Waals surface area (Å²) >= 11 is 0. The molecule has 0 aliphatic rings. The fourth-order valence-corrected chi connectivity index (χ4v) is 2.01. The first-order chi connectivity index (χ1) is 8.83. The highest BCUT2D eigenvalue weighted by Crippen LogP contribution is 2.08. The van der Waals surface area contributed by atoms with E-state index in [9.17, 15) is 4.79 Å². The number of aromatic nitrogens is 1. The second kappa shape index (κ2) is 9.75. The van der Waals surface area contributed by atoms with Gasteiger partial charge in [-0.15, -0.1) is 0 Å². The molecule has 0 bridgehead atoms. The Morgan fingerprint density at radius 3 is 2.28 bits per heavy atom. The van der Waals surface area contributed by atoms with Crippen LogP contribution < -0.4 is 10.9 Å². The molecule has 0 aliphatic carbocycles. The molecule has 3 nitrogen and oxygen atoms in total. The summed E-state index contributed by atoms with van der Waals surface area (Å²) < 4.78 is 0. The standard InChI is InChI=1S/C15H26N2O/c1-2-3-4-5-6-7-8-9-12-16-14-10-11-15(18)17-13-14/h10-11,13,16H,2-9,12H2,1H3,(H,17,18). The molecular weight excluding hydrogens is 224 g/mol. The van der Waals surface area contributed by atoms with Gasteiger partial charge in [-0.3, -0.25) is 4.79 Å². The lowest BCUT2D eigenvalue weighted by Crippen LogP contribution is -2.06. The van der Waals surface area contributed by atoms with Crippen molar-refractivity contribution < 1.29 is 0 Å². The van der Waals surface area contributed by atoms with Crippen molar-refractivity contribution in [3.05, 3.63) is 28.7 Å². The predicted molar refractivity (Wildman–Crippen MR) is 78.2 cm³/mol. The van der Waals surface area contributed by atoms with E-state index >= 15 is 0 Å². The second-order valence-corrected chi connectivity index (χ2v) is 4.84. The van der Waals surface area contributed by atoms with Crippen LogP contribution in [-0.4, -0.2) is 11.5 Å². The quantitative estimate of drug-likeness (QED) is 0.618. The van der Waals surface area contributed by atoms with Crippen LogP contribution in [0.5, 0.6) is 0 Å². The number of nitrogens with one attached hydrogen (secondary N) is 2. The van der Waals surface area contributed by atoms with Crippen LogP contribution in [0.4, 0.5) is 5.69 Å². The molecule has 1 rings (SSSR count). The number of hydrogen-bond donors (Lipinski definition) is 2. The highest BCUT2D eigenvalue weighted by molar-refractivity contribution is 5.39. The summed E-state index contributed by atoms with van der Waals surface area (Å²) in [6.45, 7) is 3.24. The third-order valence-corrected chi connectivity index (χ3v) is 3.14. The molecule has 0 saturated heterocycles. The van der Waals surface area contributed by atoms with Gasteiger partial charge in [0, 0.05) is 18.8 Å². The molecule has 1 aromatic heterocycles. The van der Waals surface area contributed by atoms with Gasteiger partial charge in [0.2, 0.25) is 5.56 Å². The molecular formula is C15H26N2O. The molecule has 2 N–H and O–H groups in total. The number of pyridine rings is 1. The van der Waals surface area contributed by atoms with Gasteiger partial charge in [0.15, 0.2) is 0 Å². The van der Waals surface area contributed by atoms with Gasteiger partial charge < -0.3 is 10.3 Å². The molecule has 1 aromatic rings. The molecule has 0 radical (unpaired) electrons. The van der Waals surface area contributed by atoms with Gasteiger partial charge in [-0.25, -0.2) is 0 Å². The summed E-state index contributed by atoms with van der Waals surface area (Å²) in [4.78, 5) is 13.5. The van der Waals surface area contributed by atoms with Crippen molar-refractivity contribution in [2.45, 2.75) is 58.3 Å². The van der Waals surface area contributed by atoms with Gasteiger partial charge in [0.05, 0.1) is 5.69 Å². The summed E-state index contributed by atoms with van der Waals surface area (Å²) in [5, 5.41) is 3.31. The van der Waals surface area contributed by atoms with E-state index in [1.807, 2.05) is 6.07 Å². The zero-order valence-corrected chi connectivity index (χ0v) is 11.5. The van der Waals surface area contributed by atoms with Crippen molar-refractivity contribution in [3.8, 4) is 0 Å². The van der Waals surface area contributed by atoms with Crippen molar-refractivity contribution >= 4 is 5.69 Å². The lowest BCUT2D eigenvalue weighted by molar-refractivity contribution is 0.581. The van der Waals surface area contributed by atoms with Crippen LogP contribution in [0, 0.1) is 0 Å². The first kappa shape index (κ1) is 14.8. The van der Waals surface area contributed by atoms with E-state index < -0.39 is 0 Å². The fraction of sp³-hybridized carbons (Fsp3) is 0.667. The average Bonchev–Trinajstić information content (AvgIpc) is 2.39. The van der Waals surface area contributed by atoms with Gasteiger partial charge >= 0.3 is 0 Å². The average molecular weight is 250 g/mol. The Kier molecular flexibility index (Phi) is 8.02. The van der Waals surface area contributed by atoms with E-state index in [-0.39, 0.29) is 5.56 Å². The van der Waals surface area contributed by atoms with Crippen LogP contribution >= 0.6 is 0 Å². The first-order valence-electron chi connectivity index (χ1n) is 7.25. The molecule has 0 aliphatic heterocycles. The number of rotatable bonds is 10. The second-order valence-electron chi connectivity index (χ2n) is 4.84. The highest BCUT2D eigenvalue weighted by Gasteiger charge is 1.93. The maximum absolute atomic E-state index is 10.9. The Balaban J connectivity index is 1.92. The summed E-state index contributed by atoms with van der Waals surface area (Å²) in [5.41, 5.74) is 0.949. The molecule has 0 atom stereocenters. The van der Waals surface area contributed by atoms with Gasteiger partial charge in [-0.1, -0.05) is 51.9 Å². The molecule has 18 heavy (non-hydrogen) atoms. The number of unbranched alkanes of at least 4 members (excludes halogenated alkanes) is 7. The fourth-order valence-electron chi connectivity index (χ4n) is 2.01.